The summed E-state index contributed by atoms with van der Waals surface area (Å²) in [6.45, 7) is 5.80. The normalized spacial score (nSPS) is 18.0. The van der Waals surface area contributed by atoms with E-state index in [1.54, 1.807) is 18.2 Å². The molecule has 1 fully saturated rings. The van der Waals surface area contributed by atoms with Gasteiger partial charge in [0.1, 0.15) is 0 Å². The molecule has 2 aromatic carbocycles. The Morgan fingerprint density at radius 1 is 1.10 bits per heavy atom. The maximum atomic E-state index is 12.9. The summed E-state index contributed by atoms with van der Waals surface area (Å²) in [5.41, 5.74) is 4.30. The Balaban J connectivity index is 1.45. The van der Waals surface area contributed by atoms with Crippen molar-refractivity contribution in [2.45, 2.75) is 57.4 Å². The fourth-order valence-electron chi connectivity index (χ4n) is 4.22. The van der Waals surface area contributed by atoms with Crippen LogP contribution >= 0.6 is 0 Å². The van der Waals surface area contributed by atoms with Gasteiger partial charge in [-0.1, -0.05) is 18.2 Å². The molecule has 2 aromatic rings. The number of nitrogens with one attached hydrogen (secondary N) is 1. The Hall–Kier alpha value is -2.67. The topological polar surface area (TPSA) is 83.6 Å². The first-order valence-electron chi connectivity index (χ1n) is 10.7. The molecular weight excluding hydrogens is 412 g/mol. The zero-order valence-electron chi connectivity index (χ0n) is 18.1. The molecule has 1 unspecified atom stereocenters. The van der Waals surface area contributed by atoms with Gasteiger partial charge in [-0.15, -0.1) is 0 Å². The van der Waals surface area contributed by atoms with E-state index in [9.17, 15) is 18.0 Å². The number of benzene rings is 2. The molecule has 31 heavy (non-hydrogen) atoms. The molecule has 1 saturated carbocycles. The zero-order valence-corrected chi connectivity index (χ0v) is 19.0. The summed E-state index contributed by atoms with van der Waals surface area (Å²) in [6, 6.07) is 10.7. The average Bonchev–Trinajstić information content (AvgIpc) is 3.51. The molecule has 4 rings (SSSR count). The minimum Gasteiger partial charge on any atom is -0.326 e. The zero-order chi connectivity index (χ0) is 22.3. The molecule has 7 heteroatoms. The van der Waals surface area contributed by atoms with Crippen LogP contribution in [-0.4, -0.2) is 32.0 Å². The summed E-state index contributed by atoms with van der Waals surface area (Å²) in [5.74, 6) is -0.322. The number of fused-ring (bicyclic) bond motifs is 1. The third-order valence-corrected chi connectivity index (χ3v) is 7.85. The van der Waals surface area contributed by atoms with Gasteiger partial charge < -0.3 is 10.2 Å². The van der Waals surface area contributed by atoms with E-state index in [0.29, 0.717) is 6.42 Å². The number of carbonyl (C=O) groups excluding carboxylic acids is 2. The van der Waals surface area contributed by atoms with Gasteiger partial charge in [0.25, 0.3) is 0 Å². The first-order valence-corrected chi connectivity index (χ1v) is 12.4. The van der Waals surface area contributed by atoms with E-state index in [1.807, 2.05) is 43.9 Å². The second kappa shape index (κ2) is 8.11. The molecule has 2 amide bonds. The van der Waals surface area contributed by atoms with Crippen LogP contribution < -0.4 is 10.2 Å². The van der Waals surface area contributed by atoms with Crippen molar-refractivity contribution in [2.24, 2.45) is 5.92 Å². The highest BCUT2D eigenvalue weighted by atomic mass is 32.2. The molecule has 1 heterocycles. The van der Waals surface area contributed by atoms with Crippen LogP contribution in [0.4, 0.5) is 11.4 Å². The van der Waals surface area contributed by atoms with Crippen LogP contribution in [0.5, 0.6) is 0 Å². The van der Waals surface area contributed by atoms with E-state index in [4.69, 9.17) is 0 Å². The summed E-state index contributed by atoms with van der Waals surface area (Å²) >= 11 is 0. The number of amides is 2. The number of sulfone groups is 1. The van der Waals surface area contributed by atoms with Gasteiger partial charge in [0.2, 0.25) is 11.8 Å². The van der Waals surface area contributed by atoms with Gasteiger partial charge in [0, 0.05) is 29.8 Å². The largest absolute Gasteiger partial charge is 0.326 e. The molecular formula is C24H28N2O4S. The Morgan fingerprint density at radius 2 is 1.77 bits per heavy atom. The molecule has 1 N–H and O–H groups in total. The highest BCUT2D eigenvalue weighted by Gasteiger charge is 2.39. The first-order chi connectivity index (χ1) is 14.7. The molecule has 164 valence electrons. The molecule has 0 spiro atoms. The van der Waals surface area contributed by atoms with Crippen molar-refractivity contribution < 1.29 is 18.0 Å². The molecule has 1 aliphatic heterocycles. The number of para-hydroxylation sites is 1. The van der Waals surface area contributed by atoms with Crippen LogP contribution in [0.25, 0.3) is 0 Å². The number of rotatable bonds is 6. The minimum absolute atomic E-state index is 0.0317. The Labute approximate surface area is 183 Å². The van der Waals surface area contributed by atoms with E-state index >= 15 is 0 Å². The fraction of sp³-hybridized carbons (Fsp3) is 0.417. The minimum atomic E-state index is -3.61. The Kier molecular flexibility index (Phi) is 5.64. The van der Waals surface area contributed by atoms with Gasteiger partial charge in [0.05, 0.1) is 10.6 Å². The summed E-state index contributed by atoms with van der Waals surface area (Å²) in [7, 11) is -3.61. The van der Waals surface area contributed by atoms with Crippen molar-refractivity contribution in [3.8, 4) is 0 Å². The van der Waals surface area contributed by atoms with Crippen molar-refractivity contribution in [1.82, 2.24) is 0 Å². The maximum absolute atomic E-state index is 12.9. The second-order valence-corrected chi connectivity index (χ2v) is 10.8. The van der Waals surface area contributed by atoms with Crippen LogP contribution in [-0.2, 0) is 25.8 Å². The molecule has 0 aromatic heterocycles. The highest BCUT2D eigenvalue weighted by Crippen LogP contribution is 2.39. The molecule has 6 nitrogen and oxygen atoms in total. The summed E-state index contributed by atoms with van der Waals surface area (Å²) in [6.07, 6.45) is 2.40. The summed E-state index contributed by atoms with van der Waals surface area (Å²) < 4.78 is 25.8. The van der Waals surface area contributed by atoms with E-state index in [2.05, 4.69) is 5.32 Å². The van der Waals surface area contributed by atoms with Crippen LogP contribution in [0, 0.1) is 19.8 Å². The Morgan fingerprint density at radius 3 is 2.42 bits per heavy atom. The van der Waals surface area contributed by atoms with E-state index < -0.39 is 9.84 Å². The van der Waals surface area contributed by atoms with Crippen LogP contribution in [0.15, 0.2) is 41.3 Å². The first kappa shape index (κ1) is 21.6. The lowest BCUT2D eigenvalue weighted by atomic mass is 10.1. The maximum Gasteiger partial charge on any atom is 0.230 e. The van der Waals surface area contributed by atoms with Crippen molar-refractivity contribution in [2.75, 3.05) is 16.0 Å². The molecule has 0 radical (unpaired) electrons. The van der Waals surface area contributed by atoms with E-state index in [-0.39, 0.29) is 40.8 Å². The smallest absolute Gasteiger partial charge is 0.230 e. The lowest BCUT2D eigenvalue weighted by Crippen LogP contribution is -2.36. The summed E-state index contributed by atoms with van der Waals surface area (Å²) in [4.78, 5) is 27.0. The molecule has 1 aliphatic carbocycles. The number of carbonyl (C=O) groups is 2. The van der Waals surface area contributed by atoms with Crippen LogP contribution in [0.3, 0.4) is 0 Å². The van der Waals surface area contributed by atoms with Gasteiger partial charge in [-0.25, -0.2) is 8.42 Å². The number of anilines is 2. The standard InChI is InChI=1S/C24H28N2O4S/c1-15-5-4-6-16(2)23(15)25-22(27)11-12-31(29,30)20-9-10-21-19(14-20)13-17(3)26(21)24(28)18-7-8-18/h4-6,9-10,14,17-18H,7-8,11-13H2,1-3H3,(H,25,27). The van der Waals surface area contributed by atoms with Crippen molar-refractivity contribution in [3.63, 3.8) is 0 Å². The number of hydrogen-bond donors (Lipinski definition) is 1. The number of nitrogens with zero attached hydrogens (tertiary/aromatic N) is 1. The van der Waals surface area contributed by atoms with Crippen LogP contribution in [0.1, 0.15) is 42.9 Å². The van der Waals surface area contributed by atoms with Crippen LogP contribution in [0.2, 0.25) is 0 Å². The monoisotopic (exact) mass is 440 g/mol. The summed E-state index contributed by atoms with van der Waals surface area (Å²) in [5, 5.41) is 2.84. The van der Waals surface area contributed by atoms with Gasteiger partial charge in [-0.2, -0.15) is 0 Å². The quantitative estimate of drug-likeness (QED) is 0.741. The second-order valence-electron chi connectivity index (χ2n) is 8.71. The Bertz CT molecular complexity index is 1130. The number of aryl methyl sites for hydroxylation is 2. The van der Waals surface area contributed by atoms with Gasteiger partial charge in [-0.05, 0) is 74.9 Å². The fourth-order valence-corrected chi connectivity index (χ4v) is 5.51. The SMILES string of the molecule is Cc1cccc(C)c1NC(=O)CCS(=O)(=O)c1ccc2c(c1)CC(C)N2C(=O)C1CC1. The van der Waals surface area contributed by atoms with Crippen molar-refractivity contribution in [1.29, 1.82) is 0 Å². The lowest BCUT2D eigenvalue weighted by Gasteiger charge is -2.22. The van der Waals surface area contributed by atoms with Crippen molar-refractivity contribution >= 4 is 33.0 Å². The van der Waals surface area contributed by atoms with Gasteiger partial charge >= 0.3 is 0 Å². The average molecular weight is 441 g/mol. The van der Waals surface area contributed by atoms with Gasteiger partial charge in [0.15, 0.2) is 9.84 Å². The lowest BCUT2D eigenvalue weighted by molar-refractivity contribution is -0.120. The third kappa shape index (κ3) is 4.37. The molecule has 2 aliphatic rings. The molecule has 1 atom stereocenters. The van der Waals surface area contributed by atoms with Crippen molar-refractivity contribution in [3.05, 3.63) is 53.1 Å². The van der Waals surface area contributed by atoms with E-state index in [1.165, 1.54) is 0 Å². The molecule has 0 saturated heterocycles. The number of hydrogen-bond acceptors (Lipinski definition) is 4. The molecule has 0 bridgehead atoms. The third-order valence-electron chi connectivity index (χ3n) is 6.13. The van der Waals surface area contributed by atoms with Gasteiger partial charge in [-0.3, -0.25) is 9.59 Å². The predicted octanol–water partition coefficient (Wildman–Crippen LogP) is 3.79. The predicted molar refractivity (Wildman–Crippen MR) is 121 cm³/mol. The van der Waals surface area contributed by atoms with E-state index in [0.717, 1.165) is 40.9 Å². The highest BCUT2D eigenvalue weighted by molar-refractivity contribution is 7.91.